The van der Waals surface area contributed by atoms with Crippen LogP contribution in [0.3, 0.4) is 0 Å². The van der Waals surface area contributed by atoms with Crippen LogP contribution in [-0.4, -0.2) is 57.6 Å². The van der Waals surface area contributed by atoms with E-state index < -0.39 is 0 Å². The highest BCUT2D eigenvalue weighted by atomic mass is 127. The van der Waals surface area contributed by atoms with Crippen molar-refractivity contribution >= 4 is 29.9 Å². The minimum atomic E-state index is 0. The van der Waals surface area contributed by atoms with Gasteiger partial charge in [-0.15, -0.1) is 24.0 Å². The van der Waals surface area contributed by atoms with E-state index in [-0.39, 0.29) is 30.1 Å². The van der Waals surface area contributed by atoms with Crippen molar-refractivity contribution in [2.24, 2.45) is 4.99 Å². The molecule has 160 valence electrons. The molecular weight excluding hydrogens is 469 g/mol. The van der Waals surface area contributed by atoms with Crippen LogP contribution < -0.4 is 15.4 Å². The second-order valence-electron chi connectivity index (χ2n) is 6.88. The van der Waals surface area contributed by atoms with Crippen LogP contribution >= 0.6 is 24.0 Å². The lowest BCUT2D eigenvalue weighted by molar-refractivity contribution is -0.0320. The molecule has 1 fully saturated rings. The number of aryl methyl sites for hydroxylation is 1. The molecule has 0 saturated carbocycles. The zero-order valence-electron chi connectivity index (χ0n) is 17.4. The van der Waals surface area contributed by atoms with E-state index in [0.717, 1.165) is 69.4 Å². The second kappa shape index (κ2) is 14.9. The standard InChI is InChI=1S/C21H35N3O3.HI/c1-4-22-21(23-12-7-13-26-19-10-14-25-15-11-19)24-16-18(3)27-20-9-6-5-8-17(20)2;/h5-6,8-9,18-19H,4,7,10-16H2,1-3H3,(H2,22,23,24);1H. The average Bonchev–Trinajstić information content (AvgIpc) is 2.68. The maximum Gasteiger partial charge on any atom is 0.191 e. The molecule has 28 heavy (non-hydrogen) atoms. The highest BCUT2D eigenvalue weighted by molar-refractivity contribution is 14.0. The predicted molar refractivity (Wildman–Crippen MR) is 125 cm³/mol. The Kier molecular flexibility index (Phi) is 13.3. The third-order valence-corrected chi connectivity index (χ3v) is 4.41. The van der Waals surface area contributed by atoms with Gasteiger partial charge in [-0.2, -0.15) is 0 Å². The highest BCUT2D eigenvalue weighted by Gasteiger charge is 2.13. The van der Waals surface area contributed by atoms with E-state index in [1.807, 2.05) is 25.1 Å². The minimum absolute atomic E-state index is 0. The largest absolute Gasteiger partial charge is 0.489 e. The summed E-state index contributed by atoms with van der Waals surface area (Å²) in [5, 5.41) is 6.65. The molecule has 1 unspecified atom stereocenters. The molecule has 1 heterocycles. The van der Waals surface area contributed by atoms with E-state index in [1.54, 1.807) is 0 Å². The van der Waals surface area contributed by atoms with E-state index in [4.69, 9.17) is 14.2 Å². The summed E-state index contributed by atoms with van der Waals surface area (Å²) in [5.41, 5.74) is 1.14. The molecule has 1 aromatic carbocycles. The molecule has 1 saturated heterocycles. The lowest BCUT2D eigenvalue weighted by Gasteiger charge is -2.22. The number of rotatable bonds is 10. The first-order valence-electron chi connectivity index (χ1n) is 10.1. The lowest BCUT2D eigenvalue weighted by atomic mass is 10.1. The Morgan fingerprint density at radius 1 is 1.25 bits per heavy atom. The molecule has 0 radical (unpaired) electrons. The van der Waals surface area contributed by atoms with Crippen LogP contribution in [0.5, 0.6) is 5.75 Å². The topological polar surface area (TPSA) is 64.1 Å². The van der Waals surface area contributed by atoms with Crippen LogP contribution in [0.2, 0.25) is 0 Å². The van der Waals surface area contributed by atoms with Crippen LogP contribution in [0.15, 0.2) is 29.3 Å². The van der Waals surface area contributed by atoms with Gasteiger partial charge in [-0.1, -0.05) is 18.2 Å². The number of nitrogens with zero attached hydrogens (tertiary/aromatic N) is 1. The number of ether oxygens (including phenoxy) is 3. The van der Waals surface area contributed by atoms with Gasteiger partial charge in [-0.25, -0.2) is 4.99 Å². The van der Waals surface area contributed by atoms with Crippen molar-refractivity contribution in [1.82, 2.24) is 10.6 Å². The molecule has 0 spiro atoms. The average molecular weight is 505 g/mol. The van der Waals surface area contributed by atoms with Crippen LogP contribution in [0, 0.1) is 6.92 Å². The van der Waals surface area contributed by atoms with E-state index in [2.05, 4.69) is 35.5 Å². The van der Waals surface area contributed by atoms with Crippen LogP contribution in [-0.2, 0) is 9.47 Å². The van der Waals surface area contributed by atoms with Gasteiger partial charge in [0.15, 0.2) is 5.96 Å². The van der Waals surface area contributed by atoms with E-state index in [9.17, 15) is 0 Å². The van der Waals surface area contributed by atoms with Crippen molar-refractivity contribution in [1.29, 1.82) is 0 Å². The summed E-state index contributed by atoms with van der Waals surface area (Å²) in [5.74, 6) is 1.74. The Hall–Kier alpha value is -1.06. The van der Waals surface area contributed by atoms with Gasteiger partial charge in [0, 0.05) is 32.9 Å². The fraction of sp³-hybridized carbons (Fsp3) is 0.667. The van der Waals surface area contributed by atoms with Crippen molar-refractivity contribution in [3.63, 3.8) is 0 Å². The molecule has 0 aromatic heterocycles. The Bertz CT molecular complexity index is 566. The molecule has 2 N–H and O–H groups in total. The number of hydrogen-bond donors (Lipinski definition) is 2. The summed E-state index contributed by atoms with van der Waals surface area (Å²) < 4.78 is 17.2. The normalized spacial score (nSPS) is 16.2. The molecule has 1 aromatic rings. The summed E-state index contributed by atoms with van der Waals surface area (Å²) in [7, 11) is 0. The van der Waals surface area contributed by atoms with Gasteiger partial charge in [0.2, 0.25) is 0 Å². The summed E-state index contributed by atoms with van der Waals surface area (Å²) >= 11 is 0. The fourth-order valence-corrected chi connectivity index (χ4v) is 2.88. The highest BCUT2D eigenvalue weighted by Crippen LogP contribution is 2.17. The van der Waals surface area contributed by atoms with Crippen molar-refractivity contribution in [3.8, 4) is 5.75 Å². The first-order valence-corrected chi connectivity index (χ1v) is 10.1. The first-order chi connectivity index (χ1) is 13.2. The van der Waals surface area contributed by atoms with Crippen LogP contribution in [0.1, 0.15) is 38.7 Å². The molecule has 7 heteroatoms. The monoisotopic (exact) mass is 505 g/mol. The minimum Gasteiger partial charge on any atom is -0.489 e. The molecule has 0 bridgehead atoms. The Labute approximate surface area is 186 Å². The van der Waals surface area contributed by atoms with Crippen molar-refractivity contribution in [2.45, 2.75) is 52.2 Å². The van der Waals surface area contributed by atoms with E-state index in [0.29, 0.717) is 12.6 Å². The Balaban J connectivity index is 0.00000392. The molecule has 0 aliphatic carbocycles. The number of para-hydroxylation sites is 1. The van der Waals surface area contributed by atoms with Crippen molar-refractivity contribution in [2.75, 3.05) is 39.5 Å². The molecule has 6 nitrogen and oxygen atoms in total. The van der Waals surface area contributed by atoms with Crippen LogP contribution in [0.25, 0.3) is 0 Å². The molecule has 1 atom stereocenters. The zero-order chi connectivity index (χ0) is 19.3. The van der Waals surface area contributed by atoms with Gasteiger partial charge in [-0.3, -0.25) is 0 Å². The number of guanidine groups is 1. The Morgan fingerprint density at radius 3 is 2.71 bits per heavy atom. The van der Waals surface area contributed by atoms with Gasteiger partial charge >= 0.3 is 0 Å². The molecule has 2 rings (SSSR count). The third-order valence-electron chi connectivity index (χ3n) is 4.41. The number of halogens is 1. The quantitative estimate of drug-likeness (QED) is 0.221. The van der Waals surface area contributed by atoms with Crippen molar-refractivity contribution < 1.29 is 14.2 Å². The van der Waals surface area contributed by atoms with Gasteiger partial charge in [0.25, 0.3) is 0 Å². The van der Waals surface area contributed by atoms with E-state index in [1.165, 1.54) is 0 Å². The smallest absolute Gasteiger partial charge is 0.191 e. The van der Waals surface area contributed by atoms with Crippen LogP contribution in [0.4, 0.5) is 0 Å². The van der Waals surface area contributed by atoms with Gasteiger partial charge in [-0.05, 0) is 51.7 Å². The lowest BCUT2D eigenvalue weighted by Crippen LogP contribution is -2.39. The second-order valence-corrected chi connectivity index (χ2v) is 6.88. The van der Waals surface area contributed by atoms with Gasteiger partial charge in [0.1, 0.15) is 11.9 Å². The van der Waals surface area contributed by atoms with Crippen molar-refractivity contribution in [3.05, 3.63) is 29.8 Å². The maximum atomic E-state index is 5.99. The first kappa shape index (κ1) is 25.0. The zero-order valence-corrected chi connectivity index (χ0v) is 19.7. The predicted octanol–water partition coefficient (Wildman–Crippen LogP) is 3.52. The van der Waals surface area contributed by atoms with Gasteiger partial charge in [0.05, 0.1) is 12.6 Å². The number of hydrogen-bond acceptors (Lipinski definition) is 4. The van der Waals surface area contributed by atoms with E-state index >= 15 is 0 Å². The molecule has 0 amide bonds. The summed E-state index contributed by atoms with van der Waals surface area (Å²) in [4.78, 5) is 4.64. The Morgan fingerprint density at radius 2 is 2.00 bits per heavy atom. The summed E-state index contributed by atoms with van der Waals surface area (Å²) in [6.07, 6.45) is 3.35. The summed E-state index contributed by atoms with van der Waals surface area (Å²) in [6, 6.07) is 8.06. The SMILES string of the molecule is CCNC(=NCC(C)Oc1ccccc1C)NCCCOC1CCOCC1.I. The van der Waals surface area contributed by atoms with Gasteiger partial charge < -0.3 is 24.8 Å². The fourth-order valence-electron chi connectivity index (χ4n) is 2.88. The molecular formula is C21H36IN3O3. The third kappa shape index (κ3) is 9.93. The summed E-state index contributed by atoms with van der Waals surface area (Å²) in [6.45, 7) is 10.8. The number of nitrogens with one attached hydrogen (secondary N) is 2. The maximum absolute atomic E-state index is 5.99. The number of benzene rings is 1. The molecule has 1 aliphatic rings. The molecule has 1 aliphatic heterocycles. The number of aliphatic imine (C=N–C) groups is 1.